The van der Waals surface area contributed by atoms with Gasteiger partial charge < -0.3 is 5.73 Å². The van der Waals surface area contributed by atoms with Crippen LogP contribution in [0.1, 0.15) is 0 Å². The molecule has 72 valence electrons. The van der Waals surface area contributed by atoms with Crippen LogP contribution in [-0.4, -0.2) is 30.4 Å². The van der Waals surface area contributed by atoms with E-state index in [1.807, 2.05) is 0 Å². The Kier molecular flexibility index (Phi) is 1.89. The van der Waals surface area contributed by atoms with Gasteiger partial charge in [-0.1, -0.05) is 16.7 Å². The van der Waals surface area contributed by atoms with E-state index >= 15 is 0 Å². The summed E-state index contributed by atoms with van der Waals surface area (Å²) in [6.07, 6.45) is 1.31. The van der Waals surface area contributed by atoms with E-state index in [1.165, 1.54) is 6.20 Å². The third-order valence-corrected chi connectivity index (χ3v) is 1.76. The van der Waals surface area contributed by atoms with Gasteiger partial charge in [-0.05, 0) is 10.4 Å². The summed E-state index contributed by atoms with van der Waals surface area (Å²) >= 11 is 5.51. The van der Waals surface area contributed by atoms with Gasteiger partial charge in [0, 0.05) is 0 Å². The first kappa shape index (κ1) is 8.63. The lowest BCUT2D eigenvalue weighted by atomic mass is 10.4. The normalized spacial score (nSPS) is 10.4. The van der Waals surface area contributed by atoms with Crippen LogP contribution < -0.4 is 11.2 Å². The molecule has 0 spiro atoms. The number of aromatic amines is 1. The van der Waals surface area contributed by atoms with Crippen molar-refractivity contribution in [1.82, 2.24) is 30.4 Å². The fraction of sp³-hybridized carbons (Fsp3) is 0. The molecule has 2 aromatic heterocycles. The smallest absolute Gasteiger partial charge is 0.245 e. The zero-order chi connectivity index (χ0) is 10.1. The minimum absolute atomic E-state index is 0.00207. The van der Waals surface area contributed by atoms with E-state index in [1.54, 1.807) is 0 Å². The second kappa shape index (κ2) is 3.07. The van der Waals surface area contributed by atoms with Crippen LogP contribution in [-0.2, 0) is 0 Å². The number of H-pyrrole nitrogens is 1. The van der Waals surface area contributed by atoms with Crippen LogP contribution in [0, 0.1) is 0 Å². The molecule has 0 aliphatic heterocycles. The Morgan fingerprint density at radius 3 is 3.00 bits per heavy atom. The first-order chi connectivity index (χ1) is 6.70. The Hall–Kier alpha value is -1.96. The maximum Gasteiger partial charge on any atom is 0.245 e. The molecule has 0 fully saturated rings. The van der Waals surface area contributed by atoms with Gasteiger partial charge in [-0.25, -0.2) is 0 Å². The Bertz CT molecular complexity index is 517. The molecule has 0 radical (unpaired) electrons. The van der Waals surface area contributed by atoms with E-state index in [0.717, 1.165) is 4.68 Å². The van der Waals surface area contributed by atoms with Crippen molar-refractivity contribution >= 4 is 17.5 Å². The molecule has 2 heterocycles. The standard InChI is InChI=1S/C5H4ClN7O/c6-4-3(14)2(1-8-9-4)13-5(7)10-11-12-13/h1H,(H,8,14)(H2,7,10,12). The van der Waals surface area contributed by atoms with E-state index in [0.29, 0.717) is 0 Å². The number of nitrogens with two attached hydrogens (primary N) is 1. The molecule has 0 unspecified atom stereocenters. The highest BCUT2D eigenvalue weighted by Gasteiger charge is 2.10. The number of aromatic nitrogens is 6. The molecule has 0 aromatic carbocycles. The third-order valence-electron chi connectivity index (χ3n) is 1.51. The van der Waals surface area contributed by atoms with E-state index in [-0.39, 0.29) is 16.8 Å². The summed E-state index contributed by atoms with van der Waals surface area (Å²) in [7, 11) is 0. The number of nitrogens with one attached hydrogen (secondary N) is 1. The van der Waals surface area contributed by atoms with Crippen molar-refractivity contribution in [3.8, 4) is 5.69 Å². The van der Waals surface area contributed by atoms with Crippen molar-refractivity contribution in [1.29, 1.82) is 0 Å². The maximum absolute atomic E-state index is 11.4. The Balaban J connectivity index is 2.70. The number of nitrogen functional groups attached to an aromatic ring is 1. The van der Waals surface area contributed by atoms with Gasteiger partial charge in [0.25, 0.3) is 0 Å². The van der Waals surface area contributed by atoms with Crippen molar-refractivity contribution in [2.24, 2.45) is 0 Å². The van der Waals surface area contributed by atoms with Crippen LogP contribution in [0.5, 0.6) is 0 Å². The van der Waals surface area contributed by atoms with Crippen LogP contribution in [0.2, 0.25) is 5.15 Å². The van der Waals surface area contributed by atoms with Gasteiger partial charge in [-0.2, -0.15) is 9.78 Å². The fourth-order valence-corrected chi connectivity index (χ4v) is 1.04. The monoisotopic (exact) mass is 213 g/mol. The van der Waals surface area contributed by atoms with Gasteiger partial charge in [0.15, 0.2) is 5.15 Å². The molecule has 2 aromatic rings. The van der Waals surface area contributed by atoms with Gasteiger partial charge in [0.1, 0.15) is 5.69 Å². The molecule has 2 rings (SSSR count). The van der Waals surface area contributed by atoms with Gasteiger partial charge in [-0.15, -0.1) is 0 Å². The first-order valence-corrected chi connectivity index (χ1v) is 3.86. The predicted octanol–water partition coefficient (Wildman–Crippen LogP) is -1.02. The van der Waals surface area contributed by atoms with Gasteiger partial charge in [-0.3, -0.25) is 9.89 Å². The minimum Gasteiger partial charge on any atom is -0.366 e. The number of anilines is 1. The van der Waals surface area contributed by atoms with Crippen LogP contribution in [0.3, 0.4) is 0 Å². The van der Waals surface area contributed by atoms with Crippen molar-refractivity contribution in [3.05, 3.63) is 21.6 Å². The molecule has 8 nitrogen and oxygen atoms in total. The van der Waals surface area contributed by atoms with E-state index in [9.17, 15) is 4.79 Å². The van der Waals surface area contributed by atoms with Crippen molar-refractivity contribution in [2.45, 2.75) is 0 Å². The second-order valence-corrected chi connectivity index (χ2v) is 2.70. The summed E-state index contributed by atoms with van der Waals surface area (Å²) in [5.74, 6) is -0.00207. The van der Waals surface area contributed by atoms with E-state index in [2.05, 4.69) is 25.7 Å². The molecule has 0 bridgehead atoms. The number of rotatable bonds is 1. The quantitative estimate of drug-likeness (QED) is 0.627. The summed E-state index contributed by atoms with van der Waals surface area (Å²) in [4.78, 5) is 11.4. The lowest BCUT2D eigenvalue weighted by Gasteiger charge is -1.98. The third kappa shape index (κ3) is 1.21. The number of hydrogen-bond acceptors (Lipinski definition) is 6. The molecule has 0 saturated carbocycles. The lowest BCUT2D eigenvalue weighted by Crippen LogP contribution is -2.16. The molecule has 0 aliphatic carbocycles. The molecule has 0 atom stereocenters. The Morgan fingerprint density at radius 2 is 2.36 bits per heavy atom. The number of nitrogens with zero attached hydrogens (tertiary/aromatic N) is 5. The SMILES string of the molecule is Nc1nnnn1-c1c[nH]nc(Cl)c1=O. The summed E-state index contributed by atoms with van der Waals surface area (Å²) in [5.41, 5.74) is 5.02. The average Bonchev–Trinajstić information content (AvgIpc) is 2.57. The number of halogens is 1. The van der Waals surface area contributed by atoms with Gasteiger partial charge >= 0.3 is 0 Å². The predicted molar refractivity (Wildman–Crippen MR) is 47.0 cm³/mol. The largest absolute Gasteiger partial charge is 0.366 e. The highest BCUT2D eigenvalue weighted by atomic mass is 35.5. The molecular weight excluding hydrogens is 210 g/mol. The van der Waals surface area contributed by atoms with Crippen LogP contribution in [0.25, 0.3) is 5.69 Å². The van der Waals surface area contributed by atoms with Crippen molar-refractivity contribution in [2.75, 3.05) is 5.73 Å². The lowest BCUT2D eigenvalue weighted by molar-refractivity contribution is 0.779. The number of hydrogen-bond donors (Lipinski definition) is 2. The first-order valence-electron chi connectivity index (χ1n) is 3.48. The highest BCUT2D eigenvalue weighted by molar-refractivity contribution is 6.29. The average molecular weight is 214 g/mol. The van der Waals surface area contributed by atoms with Crippen LogP contribution in [0.15, 0.2) is 11.0 Å². The zero-order valence-corrected chi connectivity index (χ0v) is 7.43. The summed E-state index contributed by atoms with van der Waals surface area (Å²) in [6.45, 7) is 0. The van der Waals surface area contributed by atoms with E-state index < -0.39 is 5.43 Å². The molecular formula is C5H4ClN7O. The summed E-state index contributed by atoms with van der Waals surface area (Å²) < 4.78 is 1.06. The molecule has 0 amide bonds. The van der Waals surface area contributed by atoms with Crippen molar-refractivity contribution in [3.63, 3.8) is 0 Å². The van der Waals surface area contributed by atoms with Crippen LogP contribution in [0.4, 0.5) is 5.95 Å². The summed E-state index contributed by atoms with van der Waals surface area (Å²) in [6, 6.07) is 0. The Labute approximate surface area is 81.7 Å². The second-order valence-electron chi connectivity index (χ2n) is 2.34. The maximum atomic E-state index is 11.4. The molecule has 3 N–H and O–H groups in total. The van der Waals surface area contributed by atoms with Gasteiger partial charge in [0.2, 0.25) is 11.4 Å². The van der Waals surface area contributed by atoms with Crippen LogP contribution >= 0.6 is 11.6 Å². The Morgan fingerprint density at radius 1 is 1.57 bits per heavy atom. The molecule has 14 heavy (non-hydrogen) atoms. The fourth-order valence-electron chi connectivity index (χ4n) is 0.895. The minimum atomic E-state index is -0.496. The molecule has 9 heteroatoms. The summed E-state index contributed by atoms with van der Waals surface area (Å²) in [5, 5.41) is 15.9. The topological polar surface area (TPSA) is 115 Å². The van der Waals surface area contributed by atoms with E-state index in [4.69, 9.17) is 17.3 Å². The number of tetrazole rings is 1. The van der Waals surface area contributed by atoms with Crippen molar-refractivity contribution < 1.29 is 0 Å². The zero-order valence-electron chi connectivity index (χ0n) is 6.68. The van der Waals surface area contributed by atoms with Gasteiger partial charge in [0.05, 0.1) is 6.20 Å². The highest BCUT2D eigenvalue weighted by Crippen LogP contribution is 2.03. The molecule has 0 saturated heterocycles. The molecule has 0 aliphatic rings.